The Morgan fingerprint density at radius 2 is 1.32 bits per heavy atom. The molecule has 0 aliphatic carbocycles. The average molecular weight is 497 g/mol. The molecule has 8 heteroatoms. The van der Waals surface area contributed by atoms with Crippen molar-refractivity contribution in [3.05, 3.63) is 131 Å². The van der Waals surface area contributed by atoms with E-state index in [1.54, 1.807) is 4.57 Å². The predicted octanol–water partition coefficient (Wildman–Crippen LogP) is 3.50. The van der Waals surface area contributed by atoms with Crippen LogP contribution in [0.4, 0.5) is 0 Å². The summed E-state index contributed by atoms with van der Waals surface area (Å²) in [5.41, 5.74) is 1.72. The molecule has 5 rings (SSSR count). The van der Waals surface area contributed by atoms with Crippen LogP contribution >= 0.6 is 0 Å². The number of rotatable bonds is 9. The molecule has 1 atom stereocenters. The van der Waals surface area contributed by atoms with Gasteiger partial charge in [0.05, 0.1) is 19.2 Å². The molecule has 0 aliphatic rings. The maximum Gasteiger partial charge on any atom is 0.278 e. The van der Waals surface area contributed by atoms with Crippen molar-refractivity contribution in [2.24, 2.45) is 0 Å². The summed E-state index contributed by atoms with van der Waals surface area (Å²) < 4.78 is 14.2. The minimum Gasteiger partial charge on any atom is -0.386 e. The summed E-state index contributed by atoms with van der Waals surface area (Å²) in [5, 5.41) is 12.1. The van der Waals surface area contributed by atoms with E-state index in [0.29, 0.717) is 5.65 Å². The van der Waals surface area contributed by atoms with Crippen molar-refractivity contribution in [3.8, 4) is 0 Å². The first-order valence-corrected chi connectivity index (χ1v) is 11.9. The first-order chi connectivity index (χ1) is 18.1. The Morgan fingerprint density at radius 3 is 1.78 bits per heavy atom. The molecule has 5 aromatic rings. The second kappa shape index (κ2) is 10.1. The minimum atomic E-state index is -1.62. The number of benzene rings is 3. The number of nitrogens with zero attached hydrogens (tertiary/aromatic N) is 3. The molecule has 0 saturated carbocycles. The van der Waals surface area contributed by atoms with Gasteiger partial charge >= 0.3 is 0 Å². The monoisotopic (exact) mass is 496 g/mol. The predicted molar refractivity (Wildman–Crippen MR) is 140 cm³/mol. The first-order valence-electron chi connectivity index (χ1n) is 11.9. The largest absolute Gasteiger partial charge is 0.386 e. The van der Waals surface area contributed by atoms with E-state index in [2.05, 4.69) is 15.0 Å². The molecule has 8 nitrogen and oxygen atoms in total. The zero-order chi connectivity index (χ0) is 25.9. The van der Waals surface area contributed by atoms with Crippen molar-refractivity contribution in [1.82, 2.24) is 19.5 Å². The van der Waals surface area contributed by atoms with Gasteiger partial charge in [-0.3, -0.25) is 4.79 Å². The van der Waals surface area contributed by atoms with Crippen molar-refractivity contribution in [1.29, 1.82) is 0 Å². The molecule has 1 unspecified atom stereocenters. The van der Waals surface area contributed by atoms with E-state index in [0.717, 1.165) is 16.7 Å². The number of fused-ring (bicyclic) bond motifs is 1. The third-order valence-corrected chi connectivity index (χ3v) is 6.97. The van der Waals surface area contributed by atoms with Crippen LogP contribution in [0.15, 0.2) is 108 Å². The van der Waals surface area contributed by atoms with Crippen LogP contribution in [0.2, 0.25) is 0 Å². The minimum absolute atomic E-state index is 0.00286. The molecule has 0 spiro atoms. The lowest BCUT2D eigenvalue weighted by molar-refractivity contribution is -0.285. The van der Waals surface area contributed by atoms with Crippen LogP contribution in [-0.4, -0.2) is 50.7 Å². The number of hydrogen-bond acceptors (Lipinski definition) is 6. The molecule has 37 heavy (non-hydrogen) atoms. The molecule has 0 radical (unpaired) electrons. The number of hydrogen-bond donors (Lipinski definition) is 2. The van der Waals surface area contributed by atoms with Crippen molar-refractivity contribution in [2.75, 3.05) is 14.2 Å². The van der Waals surface area contributed by atoms with Gasteiger partial charge in [-0.05, 0) is 16.7 Å². The number of H-pyrrole nitrogens is 1. The van der Waals surface area contributed by atoms with Gasteiger partial charge in [-0.2, -0.15) is 0 Å². The molecule has 188 valence electrons. The highest BCUT2D eigenvalue weighted by Crippen LogP contribution is 2.51. The van der Waals surface area contributed by atoms with Crippen molar-refractivity contribution in [2.45, 2.75) is 23.9 Å². The van der Waals surface area contributed by atoms with Crippen molar-refractivity contribution >= 4 is 11.2 Å². The van der Waals surface area contributed by atoms with Gasteiger partial charge in [0.15, 0.2) is 11.2 Å². The van der Waals surface area contributed by atoms with Crippen molar-refractivity contribution in [3.63, 3.8) is 0 Å². The molecular weight excluding hydrogens is 468 g/mol. The summed E-state index contributed by atoms with van der Waals surface area (Å²) in [5.74, 6) is -1.62. The van der Waals surface area contributed by atoms with Gasteiger partial charge in [-0.25, -0.2) is 9.97 Å². The summed E-state index contributed by atoms with van der Waals surface area (Å²) in [6, 6.07) is 29.6. The maximum atomic E-state index is 12.2. The standard InChI is InChI=1S/C29H28N4O4/c1-36-29(37-2,24(34)18-33-20-32-25-26(33)30-19-31-27(25)35)28(21-12-6-3-7-13-21,22-14-8-4-9-15-22)23-16-10-5-11-17-23/h3-17,19-20,24,34H,18H2,1-2H3,(H,30,31,35). The normalized spacial score (nSPS) is 13.1. The Morgan fingerprint density at radius 1 is 0.838 bits per heavy atom. The fraction of sp³-hybridized carbons (Fsp3) is 0.207. The fourth-order valence-electron chi connectivity index (χ4n) is 5.41. The molecule has 2 N–H and O–H groups in total. The lowest BCUT2D eigenvalue weighted by Crippen LogP contribution is -2.63. The van der Waals surface area contributed by atoms with Gasteiger partial charge in [0.1, 0.15) is 11.5 Å². The number of ether oxygens (including phenoxy) is 2. The second-order valence-corrected chi connectivity index (χ2v) is 8.74. The van der Waals surface area contributed by atoms with Crippen LogP contribution in [-0.2, 0) is 21.4 Å². The highest BCUT2D eigenvalue weighted by atomic mass is 16.7. The average Bonchev–Trinajstić information content (AvgIpc) is 3.37. The molecule has 0 aliphatic heterocycles. The second-order valence-electron chi connectivity index (χ2n) is 8.74. The number of methoxy groups -OCH3 is 2. The van der Waals surface area contributed by atoms with Gasteiger partial charge < -0.3 is 24.1 Å². The summed E-state index contributed by atoms with van der Waals surface area (Å²) >= 11 is 0. The van der Waals surface area contributed by atoms with E-state index in [-0.39, 0.29) is 17.6 Å². The van der Waals surface area contributed by atoms with Crippen LogP contribution in [0.25, 0.3) is 11.2 Å². The van der Waals surface area contributed by atoms with Crippen LogP contribution in [0.5, 0.6) is 0 Å². The fourth-order valence-corrected chi connectivity index (χ4v) is 5.41. The van der Waals surface area contributed by atoms with Gasteiger partial charge in [0.25, 0.3) is 5.56 Å². The molecule has 0 fully saturated rings. The number of aromatic nitrogens is 4. The van der Waals surface area contributed by atoms with Gasteiger partial charge in [0, 0.05) is 14.2 Å². The van der Waals surface area contributed by atoms with E-state index in [9.17, 15) is 9.90 Å². The van der Waals surface area contributed by atoms with Gasteiger partial charge in [-0.15, -0.1) is 0 Å². The maximum absolute atomic E-state index is 12.2. The Labute approximate surface area is 214 Å². The molecule has 2 heterocycles. The number of nitrogens with one attached hydrogen (secondary N) is 1. The topological polar surface area (TPSA) is 102 Å². The summed E-state index contributed by atoms with van der Waals surface area (Å²) in [6.07, 6.45) is 1.57. The number of imidazole rings is 1. The number of aliphatic hydroxyl groups is 1. The third-order valence-electron chi connectivity index (χ3n) is 6.97. The molecule has 0 saturated heterocycles. The quantitative estimate of drug-likeness (QED) is 0.239. The van der Waals surface area contributed by atoms with E-state index in [4.69, 9.17) is 9.47 Å². The van der Waals surface area contributed by atoms with E-state index >= 15 is 0 Å². The number of aliphatic hydroxyl groups excluding tert-OH is 1. The Kier molecular flexibility index (Phi) is 6.71. The molecule has 2 aromatic heterocycles. The SMILES string of the molecule is COC(OC)(C(O)Cn1cnc2c(=O)[nH]cnc21)C(c1ccccc1)(c1ccccc1)c1ccccc1. The summed E-state index contributed by atoms with van der Waals surface area (Å²) in [6.45, 7) is 0.00286. The highest BCUT2D eigenvalue weighted by molar-refractivity contribution is 5.68. The summed E-state index contributed by atoms with van der Waals surface area (Å²) in [4.78, 5) is 23.2. The summed E-state index contributed by atoms with van der Waals surface area (Å²) in [7, 11) is 3.07. The lowest BCUT2D eigenvalue weighted by atomic mass is 9.62. The zero-order valence-corrected chi connectivity index (χ0v) is 20.6. The van der Waals surface area contributed by atoms with Crippen LogP contribution in [0.1, 0.15) is 16.7 Å². The van der Waals surface area contributed by atoms with Gasteiger partial charge in [-0.1, -0.05) is 91.0 Å². The Balaban J connectivity index is 1.79. The zero-order valence-electron chi connectivity index (χ0n) is 20.6. The van der Waals surface area contributed by atoms with Crippen LogP contribution in [0, 0.1) is 0 Å². The van der Waals surface area contributed by atoms with Crippen molar-refractivity contribution < 1.29 is 14.6 Å². The van der Waals surface area contributed by atoms with Crippen LogP contribution < -0.4 is 5.56 Å². The van der Waals surface area contributed by atoms with E-state index in [1.807, 2.05) is 91.0 Å². The van der Waals surface area contributed by atoms with Crippen LogP contribution in [0.3, 0.4) is 0 Å². The number of aromatic amines is 1. The van der Waals surface area contributed by atoms with E-state index < -0.39 is 17.3 Å². The third kappa shape index (κ3) is 3.86. The smallest absolute Gasteiger partial charge is 0.278 e. The van der Waals surface area contributed by atoms with E-state index in [1.165, 1.54) is 26.9 Å². The highest BCUT2D eigenvalue weighted by Gasteiger charge is 2.60. The molecule has 0 bridgehead atoms. The molecule has 3 aromatic carbocycles. The lowest BCUT2D eigenvalue weighted by Gasteiger charge is -2.51. The Hall–Kier alpha value is -4.11. The molecular formula is C29H28N4O4. The van der Waals surface area contributed by atoms with Gasteiger partial charge in [0.2, 0.25) is 5.79 Å². The molecule has 0 amide bonds. The Bertz CT molecular complexity index is 1420. The first kappa shape index (κ1) is 24.6.